The summed E-state index contributed by atoms with van der Waals surface area (Å²) in [5.41, 5.74) is 8.77. The summed E-state index contributed by atoms with van der Waals surface area (Å²) in [7, 11) is 0. The fourth-order valence-corrected chi connectivity index (χ4v) is 1.33. The molecule has 0 spiro atoms. The number of nitrogens with zero attached hydrogens (tertiary/aromatic N) is 3. The number of aromatic nitrogens is 1. The molecule has 0 saturated carbocycles. The Balaban J connectivity index is 2.91. The van der Waals surface area contributed by atoms with Gasteiger partial charge in [0.05, 0.1) is 12.6 Å². The molecule has 0 radical (unpaired) electrons. The van der Waals surface area contributed by atoms with E-state index in [0.717, 1.165) is 0 Å². The molecule has 2 unspecified atom stereocenters. The Morgan fingerprint density at radius 3 is 2.88 bits per heavy atom. The Hall–Kier alpha value is -1.82. The number of aryl methyl sites for hydroxylation is 1. The maximum absolute atomic E-state index is 10.9. The summed E-state index contributed by atoms with van der Waals surface area (Å²) in [6, 6.07) is 1.32. The second-order valence-corrected chi connectivity index (χ2v) is 3.36. The van der Waals surface area contributed by atoms with Gasteiger partial charge in [-0.15, -0.1) is 0 Å². The van der Waals surface area contributed by atoms with Crippen molar-refractivity contribution in [3.8, 4) is 0 Å². The first-order valence-corrected chi connectivity index (χ1v) is 4.62. The number of aliphatic hydroxyl groups excluding tert-OH is 2. The topological polar surface area (TPSA) is 122 Å². The first-order valence-electron chi connectivity index (χ1n) is 4.62. The van der Waals surface area contributed by atoms with Gasteiger partial charge in [-0.1, -0.05) is 5.11 Å². The summed E-state index contributed by atoms with van der Waals surface area (Å²) in [6.45, 7) is 1.42. The number of rotatable bonds is 4. The fraction of sp³-hybridized carbons (Fsp3) is 0.444. The lowest BCUT2D eigenvalue weighted by molar-refractivity contribution is 0.0238. The predicted octanol–water partition coefficient (Wildman–Crippen LogP) is 0.388. The van der Waals surface area contributed by atoms with Gasteiger partial charge in [-0.2, -0.15) is 0 Å². The second-order valence-electron chi connectivity index (χ2n) is 3.36. The van der Waals surface area contributed by atoms with Crippen molar-refractivity contribution >= 4 is 0 Å². The molecule has 1 aromatic heterocycles. The van der Waals surface area contributed by atoms with Gasteiger partial charge in [-0.3, -0.25) is 4.79 Å². The van der Waals surface area contributed by atoms with Crippen LogP contribution in [0.3, 0.4) is 0 Å². The molecule has 1 rings (SSSR count). The first kappa shape index (κ1) is 12.3. The molecule has 1 heterocycles. The van der Waals surface area contributed by atoms with Crippen molar-refractivity contribution in [2.75, 3.05) is 6.54 Å². The Labute approximate surface area is 91.0 Å². The molecule has 1 aromatic rings. The number of nitrogens with one attached hydrogen (secondary N) is 1. The van der Waals surface area contributed by atoms with E-state index >= 15 is 0 Å². The Kier molecular flexibility index (Phi) is 4.07. The number of aromatic amines is 1. The van der Waals surface area contributed by atoms with Crippen LogP contribution in [0.2, 0.25) is 0 Å². The van der Waals surface area contributed by atoms with Crippen LogP contribution in [0.4, 0.5) is 0 Å². The van der Waals surface area contributed by atoms with Gasteiger partial charge in [-0.25, -0.2) is 0 Å². The Morgan fingerprint density at radius 2 is 2.31 bits per heavy atom. The fourth-order valence-electron chi connectivity index (χ4n) is 1.33. The lowest BCUT2D eigenvalue weighted by Crippen LogP contribution is -2.23. The van der Waals surface area contributed by atoms with Crippen molar-refractivity contribution in [3.05, 3.63) is 44.2 Å². The average molecular weight is 224 g/mol. The molecule has 0 aliphatic rings. The van der Waals surface area contributed by atoms with Crippen LogP contribution in [0.15, 0.2) is 22.2 Å². The van der Waals surface area contributed by atoms with Gasteiger partial charge in [-0.05, 0) is 18.0 Å². The zero-order valence-corrected chi connectivity index (χ0v) is 8.66. The maximum atomic E-state index is 10.9. The molecule has 0 fully saturated rings. The smallest absolute Gasteiger partial charge is 0.248 e. The van der Waals surface area contributed by atoms with Gasteiger partial charge in [0.2, 0.25) is 5.56 Å². The van der Waals surface area contributed by atoms with Crippen LogP contribution in [0.5, 0.6) is 0 Å². The number of aliphatic hydroxyl groups is 2. The van der Waals surface area contributed by atoms with Crippen molar-refractivity contribution in [3.63, 3.8) is 0 Å². The van der Waals surface area contributed by atoms with E-state index in [4.69, 9.17) is 5.53 Å². The SMILES string of the molecule is Cc1cc(=O)[nH]cc1C(O)C(O)CN=[N+]=[N-]. The van der Waals surface area contributed by atoms with Crippen LogP contribution < -0.4 is 5.56 Å². The summed E-state index contributed by atoms with van der Waals surface area (Å²) in [4.78, 5) is 15.8. The molecule has 0 aliphatic carbocycles. The van der Waals surface area contributed by atoms with Crippen LogP contribution in [0.1, 0.15) is 17.2 Å². The van der Waals surface area contributed by atoms with Crippen LogP contribution in [-0.4, -0.2) is 27.8 Å². The summed E-state index contributed by atoms with van der Waals surface area (Å²) in [5.74, 6) is 0. The van der Waals surface area contributed by atoms with E-state index < -0.39 is 12.2 Å². The molecule has 7 heteroatoms. The van der Waals surface area contributed by atoms with Crippen molar-refractivity contribution in [2.45, 2.75) is 19.1 Å². The van der Waals surface area contributed by atoms with Crippen LogP contribution in [0.25, 0.3) is 10.4 Å². The van der Waals surface area contributed by atoms with Gasteiger partial charge in [0.1, 0.15) is 6.10 Å². The summed E-state index contributed by atoms with van der Waals surface area (Å²) in [5, 5.41) is 22.4. The minimum Gasteiger partial charge on any atom is -0.390 e. The van der Waals surface area contributed by atoms with E-state index in [1.807, 2.05) is 0 Å². The highest BCUT2D eigenvalue weighted by atomic mass is 16.3. The molecular weight excluding hydrogens is 212 g/mol. The van der Waals surface area contributed by atoms with E-state index in [0.29, 0.717) is 11.1 Å². The van der Waals surface area contributed by atoms with E-state index in [-0.39, 0.29) is 12.1 Å². The zero-order chi connectivity index (χ0) is 12.1. The molecule has 0 aromatic carbocycles. The summed E-state index contributed by atoms with van der Waals surface area (Å²) < 4.78 is 0. The van der Waals surface area contributed by atoms with Crippen molar-refractivity contribution in [1.29, 1.82) is 0 Å². The Morgan fingerprint density at radius 1 is 1.62 bits per heavy atom. The van der Waals surface area contributed by atoms with Gasteiger partial charge < -0.3 is 15.2 Å². The van der Waals surface area contributed by atoms with E-state index in [1.165, 1.54) is 12.3 Å². The quantitative estimate of drug-likeness (QED) is 0.389. The lowest BCUT2D eigenvalue weighted by atomic mass is 10.0. The lowest BCUT2D eigenvalue weighted by Gasteiger charge is -2.17. The highest BCUT2D eigenvalue weighted by molar-refractivity contribution is 5.24. The third-order valence-electron chi connectivity index (χ3n) is 2.19. The third-order valence-corrected chi connectivity index (χ3v) is 2.19. The number of hydrogen-bond donors (Lipinski definition) is 3. The molecule has 0 saturated heterocycles. The van der Waals surface area contributed by atoms with E-state index in [2.05, 4.69) is 15.0 Å². The largest absolute Gasteiger partial charge is 0.390 e. The molecular formula is C9H12N4O3. The highest BCUT2D eigenvalue weighted by Crippen LogP contribution is 2.18. The molecule has 3 N–H and O–H groups in total. The van der Waals surface area contributed by atoms with Crippen LogP contribution in [0, 0.1) is 6.92 Å². The van der Waals surface area contributed by atoms with Crippen LogP contribution >= 0.6 is 0 Å². The molecule has 0 aliphatic heterocycles. The zero-order valence-electron chi connectivity index (χ0n) is 8.66. The number of pyridine rings is 1. The standard InChI is InChI=1S/C9H12N4O3/c1-5-2-8(15)11-3-6(5)9(16)7(14)4-12-13-10/h2-3,7,9,14,16H,4H2,1H3,(H,11,15). The van der Waals surface area contributed by atoms with Gasteiger partial charge in [0, 0.05) is 22.7 Å². The molecule has 2 atom stereocenters. The summed E-state index contributed by atoms with van der Waals surface area (Å²) in [6.07, 6.45) is -1.05. The Bertz CT molecular complexity index is 464. The normalized spacial score (nSPS) is 13.9. The highest BCUT2D eigenvalue weighted by Gasteiger charge is 2.19. The molecule has 0 bridgehead atoms. The molecule has 16 heavy (non-hydrogen) atoms. The average Bonchev–Trinajstić information content (AvgIpc) is 2.25. The third kappa shape index (κ3) is 2.83. The van der Waals surface area contributed by atoms with Gasteiger partial charge in [0.25, 0.3) is 0 Å². The first-order chi connectivity index (χ1) is 7.56. The molecule has 0 amide bonds. The number of azide groups is 1. The molecule has 7 nitrogen and oxygen atoms in total. The minimum atomic E-state index is -1.19. The van der Waals surface area contributed by atoms with E-state index in [9.17, 15) is 15.0 Å². The minimum absolute atomic E-state index is 0.226. The predicted molar refractivity (Wildman–Crippen MR) is 56.8 cm³/mol. The van der Waals surface area contributed by atoms with Gasteiger partial charge in [0.15, 0.2) is 0 Å². The second kappa shape index (κ2) is 5.32. The maximum Gasteiger partial charge on any atom is 0.248 e. The van der Waals surface area contributed by atoms with Crippen LogP contribution in [-0.2, 0) is 0 Å². The van der Waals surface area contributed by atoms with Gasteiger partial charge >= 0.3 is 0 Å². The van der Waals surface area contributed by atoms with Crippen molar-refractivity contribution in [2.24, 2.45) is 5.11 Å². The molecule has 86 valence electrons. The van der Waals surface area contributed by atoms with Crippen molar-refractivity contribution < 1.29 is 10.2 Å². The van der Waals surface area contributed by atoms with Crippen molar-refractivity contribution in [1.82, 2.24) is 4.98 Å². The monoisotopic (exact) mass is 224 g/mol. The number of H-pyrrole nitrogens is 1. The van der Waals surface area contributed by atoms with E-state index in [1.54, 1.807) is 6.92 Å². The summed E-state index contributed by atoms with van der Waals surface area (Å²) >= 11 is 0. The number of hydrogen-bond acceptors (Lipinski definition) is 4.